The maximum absolute atomic E-state index is 12.4. The van der Waals surface area contributed by atoms with Gasteiger partial charge in [0, 0.05) is 5.29 Å². The van der Waals surface area contributed by atoms with E-state index in [1.165, 1.54) is 63.1 Å². The van der Waals surface area contributed by atoms with Gasteiger partial charge in [-0.3, -0.25) is 4.79 Å². The third kappa shape index (κ3) is 5.18. The summed E-state index contributed by atoms with van der Waals surface area (Å²) in [7, 11) is 0. The van der Waals surface area contributed by atoms with E-state index in [0.29, 0.717) is 0 Å². The molecule has 0 radical (unpaired) electrons. The number of rotatable bonds is 9. The normalized spacial score (nSPS) is 15.5. The quantitative estimate of drug-likeness (QED) is 0.597. The smallest absolute Gasteiger partial charge is 0.186 e. The summed E-state index contributed by atoms with van der Waals surface area (Å²) in [5.74, 6) is 0.392. The van der Waals surface area contributed by atoms with Crippen molar-refractivity contribution in [3.63, 3.8) is 0 Å². The third-order valence-corrected chi connectivity index (χ3v) is 9.16. The van der Waals surface area contributed by atoms with Crippen molar-refractivity contribution in [2.24, 2.45) is 0 Å². The zero-order valence-corrected chi connectivity index (χ0v) is 14.8. The fraction of sp³-hybridized carbons (Fsp3) is 0.667. The number of ketones is 1. The Labute approximate surface area is 130 Å². The van der Waals surface area contributed by atoms with Gasteiger partial charge in [-0.05, 0) is 56.0 Å². The molecule has 0 saturated heterocycles. The highest BCUT2D eigenvalue weighted by atomic mass is 31.2. The Morgan fingerprint density at radius 2 is 1.38 bits per heavy atom. The monoisotopic (exact) mass is 310 g/mol. The molecule has 0 aromatic rings. The number of aliphatic hydroxyl groups excluding tert-OH is 1. The molecule has 0 saturated carbocycles. The Kier molecular flexibility index (Phi) is 8.11. The van der Waals surface area contributed by atoms with Crippen molar-refractivity contribution >= 4 is 18.0 Å². The van der Waals surface area contributed by atoms with Gasteiger partial charge >= 0.3 is 0 Å². The number of carbonyl (C=O) groups is 1. The maximum atomic E-state index is 12.4. The lowest BCUT2D eigenvalue weighted by molar-refractivity contribution is -0.108. The van der Waals surface area contributed by atoms with E-state index in [0.717, 1.165) is 5.29 Å². The van der Waals surface area contributed by atoms with Crippen molar-refractivity contribution in [2.45, 2.75) is 59.3 Å². The summed E-state index contributed by atoms with van der Waals surface area (Å²) in [6, 6.07) is 0. The number of hydrogen-bond donors (Lipinski definition) is 1. The molecule has 21 heavy (non-hydrogen) atoms. The van der Waals surface area contributed by atoms with E-state index in [-0.39, 0.29) is 11.5 Å². The average Bonchev–Trinajstić information content (AvgIpc) is 2.49. The molecule has 2 nitrogen and oxygen atoms in total. The number of aliphatic hydroxyl groups is 1. The fourth-order valence-electron chi connectivity index (χ4n) is 2.96. The summed E-state index contributed by atoms with van der Waals surface area (Å²) in [5.41, 5.74) is 0. The lowest BCUT2D eigenvalue weighted by Gasteiger charge is -2.30. The highest BCUT2D eigenvalue weighted by Gasteiger charge is 2.25. The van der Waals surface area contributed by atoms with Crippen LogP contribution in [0.3, 0.4) is 0 Å². The predicted octanol–water partition coefficient (Wildman–Crippen LogP) is 5.16. The van der Waals surface area contributed by atoms with Crippen molar-refractivity contribution in [2.75, 3.05) is 18.5 Å². The van der Waals surface area contributed by atoms with Crippen molar-refractivity contribution in [1.29, 1.82) is 0 Å². The van der Waals surface area contributed by atoms with Crippen LogP contribution in [0, 0.1) is 0 Å². The van der Waals surface area contributed by atoms with Crippen LogP contribution in [0.1, 0.15) is 59.3 Å². The first-order chi connectivity index (χ1) is 10.1. The van der Waals surface area contributed by atoms with Crippen molar-refractivity contribution < 1.29 is 9.90 Å². The molecular formula is C18H31O2P. The van der Waals surface area contributed by atoms with Gasteiger partial charge < -0.3 is 5.11 Å². The average molecular weight is 310 g/mol. The molecule has 0 unspecified atom stereocenters. The summed E-state index contributed by atoms with van der Waals surface area (Å²) in [4.78, 5) is 12.4. The second kappa shape index (κ2) is 9.30. The Bertz CT molecular complexity index is 429. The summed E-state index contributed by atoms with van der Waals surface area (Å²) >= 11 is 0. The summed E-state index contributed by atoms with van der Waals surface area (Å²) in [5, 5.41) is 10.8. The maximum Gasteiger partial charge on any atom is 0.186 e. The zero-order valence-electron chi connectivity index (χ0n) is 13.9. The Hall–Kier alpha value is -0.750. The largest absolute Gasteiger partial charge is 0.508 e. The van der Waals surface area contributed by atoms with Crippen LogP contribution in [-0.4, -0.2) is 34.7 Å². The van der Waals surface area contributed by atoms with Gasteiger partial charge in [-0.15, -0.1) is 0 Å². The molecular weight excluding hydrogens is 279 g/mol. The SMILES string of the molecule is CCCCP(CCCC)(CCCC)=C1C=C(O)C=CC1=O. The molecule has 0 amide bonds. The number of unbranched alkanes of at least 4 members (excludes halogenated alkanes) is 3. The first kappa shape index (κ1) is 18.3. The van der Waals surface area contributed by atoms with E-state index in [4.69, 9.17) is 0 Å². The fourth-order valence-corrected chi connectivity index (χ4v) is 8.06. The molecule has 0 fully saturated rings. The van der Waals surface area contributed by atoms with Gasteiger partial charge in [0.2, 0.25) is 0 Å². The van der Waals surface area contributed by atoms with Crippen LogP contribution in [0.25, 0.3) is 0 Å². The standard InChI is InChI=1S/C18H31O2P/c1-4-7-12-21(13-8-5-2,14-9-6-3)18-15-16(19)10-11-17(18)20/h10-11,15,19H,4-9,12-14H2,1-3H3. The van der Waals surface area contributed by atoms with E-state index in [2.05, 4.69) is 20.8 Å². The minimum Gasteiger partial charge on any atom is -0.508 e. The lowest BCUT2D eigenvalue weighted by atomic mass is 10.1. The molecule has 0 heterocycles. The highest BCUT2D eigenvalue weighted by Crippen LogP contribution is 2.52. The zero-order chi connectivity index (χ0) is 15.7. The van der Waals surface area contributed by atoms with Crippen LogP contribution in [-0.2, 0) is 4.79 Å². The molecule has 1 N–H and O–H groups in total. The minimum absolute atomic E-state index is 0.143. The van der Waals surface area contributed by atoms with Gasteiger partial charge in [0.25, 0.3) is 0 Å². The first-order valence-corrected chi connectivity index (χ1v) is 10.8. The lowest BCUT2D eigenvalue weighted by Crippen LogP contribution is -2.20. The van der Waals surface area contributed by atoms with E-state index >= 15 is 0 Å². The van der Waals surface area contributed by atoms with Crippen LogP contribution in [0.2, 0.25) is 0 Å². The third-order valence-electron chi connectivity index (χ3n) is 4.27. The summed E-state index contributed by atoms with van der Waals surface area (Å²) < 4.78 is 0. The van der Waals surface area contributed by atoms with E-state index in [1.54, 1.807) is 12.2 Å². The van der Waals surface area contributed by atoms with Crippen LogP contribution in [0.5, 0.6) is 0 Å². The van der Waals surface area contributed by atoms with E-state index in [9.17, 15) is 9.90 Å². The molecule has 0 spiro atoms. The molecule has 3 heteroatoms. The van der Waals surface area contributed by atoms with Crippen LogP contribution >= 0.6 is 6.89 Å². The molecule has 1 aliphatic carbocycles. The van der Waals surface area contributed by atoms with Crippen molar-refractivity contribution in [1.82, 2.24) is 0 Å². The highest BCUT2D eigenvalue weighted by molar-refractivity contribution is 7.78. The molecule has 0 atom stereocenters. The number of hydrogen-bond acceptors (Lipinski definition) is 2. The summed E-state index contributed by atoms with van der Waals surface area (Å²) in [6.45, 7) is 5.22. The minimum atomic E-state index is -1.44. The number of allylic oxidation sites excluding steroid dienone is 3. The van der Waals surface area contributed by atoms with Gasteiger partial charge in [0.15, 0.2) is 5.78 Å². The number of carbonyl (C=O) groups excluding carboxylic acids is 1. The van der Waals surface area contributed by atoms with Gasteiger partial charge in [-0.25, -0.2) is 0 Å². The summed E-state index contributed by atoms with van der Waals surface area (Å²) in [6.07, 6.45) is 15.5. The second-order valence-corrected chi connectivity index (χ2v) is 10.1. The first-order valence-electron chi connectivity index (χ1n) is 8.46. The molecule has 1 rings (SSSR count). The topological polar surface area (TPSA) is 37.3 Å². The van der Waals surface area contributed by atoms with E-state index in [1.807, 2.05) is 0 Å². The van der Waals surface area contributed by atoms with Crippen molar-refractivity contribution in [3.8, 4) is 0 Å². The van der Waals surface area contributed by atoms with E-state index < -0.39 is 6.89 Å². The van der Waals surface area contributed by atoms with Gasteiger partial charge in [-0.2, -0.15) is 0 Å². The Balaban J connectivity index is 3.29. The Morgan fingerprint density at radius 3 is 1.81 bits per heavy atom. The predicted molar refractivity (Wildman–Crippen MR) is 96.1 cm³/mol. The van der Waals surface area contributed by atoms with Crippen molar-refractivity contribution in [3.05, 3.63) is 24.0 Å². The van der Waals surface area contributed by atoms with Crippen LogP contribution in [0.15, 0.2) is 24.0 Å². The second-order valence-electron chi connectivity index (χ2n) is 6.03. The van der Waals surface area contributed by atoms with Gasteiger partial charge in [0.1, 0.15) is 5.76 Å². The Morgan fingerprint density at radius 1 is 0.905 bits per heavy atom. The molecule has 0 aliphatic heterocycles. The van der Waals surface area contributed by atoms with Gasteiger partial charge in [-0.1, -0.05) is 46.9 Å². The van der Waals surface area contributed by atoms with Crippen LogP contribution in [0.4, 0.5) is 0 Å². The molecule has 0 aromatic heterocycles. The molecule has 1 aliphatic rings. The molecule has 120 valence electrons. The molecule has 0 aromatic carbocycles. The van der Waals surface area contributed by atoms with Gasteiger partial charge in [0.05, 0.1) is 0 Å². The molecule has 0 bridgehead atoms. The van der Waals surface area contributed by atoms with Crippen LogP contribution < -0.4 is 0 Å².